The van der Waals surface area contributed by atoms with Crippen molar-refractivity contribution in [2.24, 2.45) is 0 Å². The highest BCUT2D eigenvalue weighted by molar-refractivity contribution is 7.98. The molecule has 10 heteroatoms. The Balaban J connectivity index is 1.53. The predicted octanol–water partition coefficient (Wildman–Crippen LogP) is 3.96. The monoisotopic (exact) mass is 494 g/mol. The summed E-state index contributed by atoms with van der Waals surface area (Å²) in [7, 11) is 0. The molecule has 0 spiro atoms. The summed E-state index contributed by atoms with van der Waals surface area (Å²) in [6, 6.07) is 10.8. The fourth-order valence-corrected chi connectivity index (χ4v) is 4.39. The Morgan fingerprint density at radius 3 is 2.38 bits per heavy atom. The molecule has 0 aromatic heterocycles. The highest BCUT2D eigenvalue weighted by atomic mass is 32.2. The second-order valence-electron chi connectivity index (χ2n) is 8.28. The number of nitrogens with two attached hydrogens (primary N) is 1. The maximum Gasteiger partial charge on any atom is 0.416 e. The van der Waals surface area contributed by atoms with Crippen LogP contribution >= 0.6 is 11.8 Å². The number of hydrogen-bond acceptors (Lipinski definition) is 5. The lowest BCUT2D eigenvalue weighted by Crippen LogP contribution is -2.53. The van der Waals surface area contributed by atoms with Crippen LogP contribution in [0, 0.1) is 0 Å². The molecule has 0 unspecified atom stereocenters. The maximum atomic E-state index is 12.9. The zero-order valence-corrected chi connectivity index (χ0v) is 19.7. The van der Waals surface area contributed by atoms with E-state index in [0.717, 1.165) is 43.4 Å². The Hall–Kier alpha value is -2.72. The molecule has 0 radical (unpaired) electrons. The van der Waals surface area contributed by atoms with Crippen LogP contribution in [-0.2, 0) is 17.5 Å². The van der Waals surface area contributed by atoms with Crippen LogP contribution in [-0.4, -0.2) is 36.7 Å². The van der Waals surface area contributed by atoms with E-state index in [4.69, 9.17) is 5.73 Å². The van der Waals surface area contributed by atoms with Crippen LogP contribution < -0.4 is 21.7 Å². The largest absolute Gasteiger partial charge is 0.416 e. The van der Waals surface area contributed by atoms with Gasteiger partial charge in [-0.3, -0.25) is 9.59 Å². The average Bonchev–Trinajstić information content (AvgIpc) is 2.82. The molecule has 1 fully saturated rings. The van der Waals surface area contributed by atoms with Crippen LogP contribution in [0.2, 0.25) is 0 Å². The summed E-state index contributed by atoms with van der Waals surface area (Å²) in [6.45, 7) is 0.325. The highest BCUT2D eigenvalue weighted by Gasteiger charge is 2.32. The molecule has 2 amide bonds. The van der Waals surface area contributed by atoms with Gasteiger partial charge in [-0.25, -0.2) is 0 Å². The van der Waals surface area contributed by atoms with Crippen LogP contribution in [0.25, 0.3) is 0 Å². The van der Waals surface area contributed by atoms with Gasteiger partial charge in [-0.15, -0.1) is 11.8 Å². The van der Waals surface area contributed by atoms with Crippen molar-refractivity contribution in [2.75, 3.05) is 18.5 Å². The second-order valence-corrected chi connectivity index (χ2v) is 9.16. The van der Waals surface area contributed by atoms with Gasteiger partial charge in [-0.05, 0) is 55.0 Å². The fraction of sp³-hybridized carbons (Fsp3) is 0.417. The molecule has 2 aromatic rings. The van der Waals surface area contributed by atoms with Gasteiger partial charge in [0.2, 0.25) is 5.91 Å². The van der Waals surface area contributed by atoms with Gasteiger partial charge in [0.15, 0.2) is 0 Å². The van der Waals surface area contributed by atoms with Crippen LogP contribution in [0.5, 0.6) is 0 Å². The zero-order valence-electron chi connectivity index (χ0n) is 18.9. The standard InChI is InChI=1S/C24H29F3N4O2S/c1-34-17-9-6-15(7-10-17)13-29-20-4-2-3-5-21(20)31-22(32)14-30-23(33)18-12-16(24(25,26)27)8-11-19(18)28/h6-12,20-21,29H,2-5,13-14,28H2,1H3,(H,30,33)(H,31,32)/t20-,21+/m0/s1. The second kappa shape index (κ2) is 11.6. The van der Waals surface area contributed by atoms with E-state index in [1.54, 1.807) is 11.8 Å². The van der Waals surface area contributed by atoms with Crippen molar-refractivity contribution in [1.29, 1.82) is 0 Å². The molecular formula is C24H29F3N4O2S. The summed E-state index contributed by atoms with van der Waals surface area (Å²) in [5.74, 6) is -1.23. The summed E-state index contributed by atoms with van der Waals surface area (Å²) >= 11 is 1.68. The van der Waals surface area contributed by atoms with Crippen molar-refractivity contribution >= 4 is 29.3 Å². The van der Waals surface area contributed by atoms with E-state index < -0.39 is 23.6 Å². The van der Waals surface area contributed by atoms with Crippen molar-refractivity contribution in [3.8, 4) is 0 Å². The lowest BCUT2D eigenvalue weighted by atomic mass is 9.90. The van der Waals surface area contributed by atoms with Gasteiger partial charge in [0.1, 0.15) is 0 Å². The molecule has 184 valence electrons. The molecule has 1 aliphatic rings. The SMILES string of the molecule is CSc1ccc(CN[C@H]2CCCC[C@H]2NC(=O)CNC(=O)c2cc(C(F)(F)F)ccc2N)cc1. The molecule has 0 heterocycles. The maximum absolute atomic E-state index is 12.9. The number of thioether (sulfide) groups is 1. The topological polar surface area (TPSA) is 96.2 Å². The molecule has 5 N–H and O–H groups in total. The summed E-state index contributed by atoms with van der Waals surface area (Å²) in [4.78, 5) is 26.0. The molecular weight excluding hydrogens is 465 g/mol. The minimum absolute atomic E-state index is 0.0898. The smallest absolute Gasteiger partial charge is 0.398 e. The third-order valence-electron chi connectivity index (χ3n) is 5.87. The number of halogens is 3. The van der Waals surface area contributed by atoms with E-state index >= 15 is 0 Å². The number of nitrogen functional groups attached to an aromatic ring is 1. The summed E-state index contributed by atoms with van der Waals surface area (Å²) in [6.07, 6.45) is 1.20. The lowest BCUT2D eigenvalue weighted by Gasteiger charge is -2.33. The summed E-state index contributed by atoms with van der Waals surface area (Å²) in [5.41, 5.74) is 5.44. The van der Waals surface area contributed by atoms with Crippen molar-refractivity contribution in [3.05, 3.63) is 59.2 Å². The minimum Gasteiger partial charge on any atom is -0.398 e. The Kier molecular flexibility index (Phi) is 8.84. The molecule has 6 nitrogen and oxygen atoms in total. The first-order valence-electron chi connectivity index (χ1n) is 11.1. The zero-order chi connectivity index (χ0) is 24.7. The molecule has 2 aromatic carbocycles. The number of anilines is 1. The normalized spacial score (nSPS) is 18.4. The van der Waals surface area contributed by atoms with Gasteiger partial charge in [0.05, 0.1) is 17.7 Å². The molecule has 1 aliphatic carbocycles. The van der Waals surface area contributed by atoms with Crippen molar-refractivity contribution in [1.82, 2.24) is 16.0 Å². The Morgan fingerprint density at radius 2 is 1.74 bits per heavy atom. The van der Waals surface area contributed by atoms with Crippen LogP contribution in [0.1, 0.15) is 47.2 Å². The predicted molar refractivity (Wildman–Crippen MR) is 127 cm³/mol. The van der Waals surface area contributed by atoms with E-state index in [1.807, 2.05) is 6.26 Å². The summed E-state index contributed by atoms with van der Waals surface area (Å²) in [5, 5.41) is 8.84. The number of alkyl halides is 3. The van der Waals surface area contributed by atoms with E-state index in [9.17, 15) is 22.8 Å². The van der Waals surface area contributed by atoms with Gasteiger partial charge >= 0.3 is 6.18 Å². The Bertz CT molecular complexity index is 999. The number of carbonyl (C=O) groups is 2. The Labute approximate surface area is 201 Å². The molecule has 34 heavy (non-hydrogen) atoms. The summed E-state index contributed by atoms with van der Waals surface area (Å²) < 4.78 is 38.8. The first-order valence-corrected chi connectivity index (χ1v) is 12.3. The van der Waals surface area contributed by atoms with Gasteiger partial charge in [0, 0.05) is 29.2 Å². The molecule has 3 rings (SSSR count). The number of nitrogens with one attached hydrogen (secondary N) is 3. The lowest BCUT2D eigenvalue weighted by molar-refractivity contribution is -0.137. The number of rotatable bonds is 8. The van der Waals surface area contributed by atoms with E-state index in [0.29, 0.717) is 12.6 Å². The average molecular weight is 495 g/mol. The van der Waals surface area contributed by atoms with E-state index in [-0.39, 0.29) is 29.9 Å². The van der Waals surface area contributed by atoms with Crippen molar-refractivity contribution in [2.45, 2.75) is 55.4 Å². The number of benzene rings is 2. The third kappa shape index (κ3) is 7.14. The van der Waals surface area contributed by atoms with Crippen molar-refractivity contribution < 1.29 is 22.8 Å². The minimum atomic E-state index is -4.60. The first kappa shape index (κ1) is 25.9. The quantitative estimate of drug-likeness (QED) is 0.329. The fourth-order valence-electron chi connectivity index (χ4n) is 3.98. The first-order chi connectivity index (χ1) is 16.2. The molecule has 0 saturated heterocycles. The molecule has 0 aliphatic heterocycles. The molecule has 0 bridgehead atoms. The molecule has 2 atom stereocenters. The van der Waals surface area contributed by atoms with E-state index in [2.05, 4.69) is 40.2 Å². The van der Waals surface area contributed by atoms with E-state index in [1.165, 1.54) is 4.90 Å². The number of hydrogen-bond donors (Lipinski definition) is 4. The van der Waals surface area contributed by atoms with Crippen LogP contribution in [0.15, 0.2) is 47.4 Å². The Morgan fingerprint density at radius 1 is 1.06 bits per heavy atom. The van der Waals surface area contributed by atoms with Crippen LogP contribution in [0.4, 0.5) is 18.9 Å². The molecule has 1 saturated carbocycles. The number of amides is 2. The van der Waals surface area contributed by atoms with Gasteiger partial charge < -0.3 is 21.7 Å². The third-order valence-corrected chi connectivity index (χ3v) is 6.62. The van der Waals surface area contributed by atoms with Crippen LogP contribution in [0.3, 0.4) is 0 Å². The van der Waals surface area contributed by atoms with Gasteiger partial charge in [0.25, 0.3) is 5.91 Å². The van der Waals surface area contributed by atoms with Gasteiger partial charge in [-0.2, -0.15) is 13.2 Å². The highest BCUT2D eigenvalue weighted by Crippen LogP contribution is 2.31. The van der Waals surface area contributed by atoms with Crippen molar-refractivity contribution in [3.63, 3.8) is 0 Å². The number of carbonyl (C=O) groups excluding carboxylic acids is 2. The van der Waals surface area contributed by atoms with Gasteiger partial charge in [-0.1, -0.05) is 25.0 Å².